The third-order valence-electron chi connectivity index (χ3n) is 6.23. The van der Waals surface area contributed by atoms with Crippen LogP contribution in [0.1, 0.15) is 32.3 Å². The van der Waals surface area contributed by atoms with Gasteiger partial charge in [0, 0.05) is 19.1 Å². The van der Waals surface area contributed by atoms with E-state index in [2.05, 4.69) is 10.3 Å². The molecule has 2 aromatic heterocycles. The van der Waals surface area contributed by atoms with Gasteiger partial charge in [-0.3, -0.25) is 18.5 Å². The number of benzene rings is 1. The average molecular weight is 525 g/mol. The number of nitrogens with two attached hydrogens (primary N) is 1. The summed E-state index contributed by atoms with van der Waals surface area (Å²) in [7, 11) is -6.92. The predicted molar refractivity (Wildman–Crippen MR) is 132 cm³/mol. The van der Waals surface area contributed by atoms with Gasteiger partial charge in [0.25, 0.3) is 5.56 Å². The van der Waals surface area contributed by atoms with Gasteiger partial charge >= 0.3 is 5.69 Å². The van der Waals surface area contributed by atoms with Crippen LogP contribution in [0.15, 0.2) is 38.8 Å². The maximum Gasteiger partial charge on any atom is 0.332 e. The normalized spacial score (nSPS) is 16.5. The molecule has 0 radical (unpaired) electrons. The Balaban J connectivity index is 1.86. The fraction of sp³-hybridized carbons (Fsp3) is 0.476. The number of nitrogens with one attached hydrogen (secondary N) is 1. The van der Waals surface area contributed by atoms with E-state index in [0.29, 0.717) is 30.9 Å². The summed E-state index contributed by atoms with van der Waals surface area (Å²) in [5, 5.41) is 8.47. The van der Waals surface area contributed by atoms with E-state index in [4.69, 9.17) is 5.14 Å². The maximum atomic E-state index is 13.3. The number of hydrogen-bond donors (Lipinski definition) is 2. The Hall–Kier alpha value is -2.97. The van der Waals surface area contributed by atoms with Gasteiger partial charge in [0.1, 0.15) is 9.84 Å². The molecule has 0 spiro atoms. The Morgan fingerprint density at radius 2 is 1.63 bits per heavy atom. The SMILES string of the molecule is CCn1c(=O)c2c(nc(NC3CCS(=O)(=O)CC3)n2Cc2ccc(S(N)(=O)=O)cc2)n(CC)c1=O. The number of sulfone groups is 1. The zero-order valence-corrected chi connectivity index (χ0v) is 21.1. The van der Waals surface area contributed by atoms with Crippen molar-refractivity contribution in [2.24, 2.45) is 5.14 Å². The first-order chi connectivity index (χ1) is 16.4. The molecule has 3 N–H and O–H groups in total. The number of nitrogens with zero attached hydrogens (tertiary/aromatic N) is 4. The number of primary sulfonamides is 1. The Labute approximate surface area is 202 Å². The van der Waals surface area contributed by atoms with Crippen molar-refractivity contribution in [2.75, 3.05) is 16.8 Å². The highest BCUT2D eigenvalue weighted by Gasteiger charge is 2.27. The molecule has 0 saturated carbocycles. The molecule has 0 bridgehead atoms. The van der Waals surface area contributed by atoms with Crippen LogP contribution < -0.4 is 21.7 Å². The molecule has 0 unspecified atom stereocenters. The summed E-state index contributed by atoms with van der Waals surface area (Å²) in [6.07, 6.45) is 0.794. The van der Waals surface area contributed by atoms with E-state index in [1.165, 1.54) is 16.7 Å². The van der Waals surface area contributed by atoms with Gasteiger partial charge in [0.2, 0.25) is 16.0 Å². The van der Waals surface area contributed by atoms with Gasteiger partial charge in [0.05, 0.1) is 22.9 Å². The first-order valence-electron chi connectivity index (χ1n) is 11.3. The van der Waals surface area contributed by atoms with Crippen molar-refractivity contribution in [3.05, 3.63) is 50.7 Å². The van der Waals surface area contributed by atoms with E-state index in [0.717, 1.165) is 4.57 Å². The summed E-state index contributed by atoms with van der Waals surface area (Å²) in [6, 6.07) is 5.78. The van der Waals surface area contributed by atoms with Gasteiger partial charge < -0.3 is 5.32 Å². The predicted octanol–water partition coefficient (Wildman–Crippen LogP) is 0.0843. The Bertz CT molecular complexity index is 1590. The van der Waals surface area contributed by atoms with Crippen molar-refractivity contribution >= 4 is 37.0 Å². The molecular weight excluding hydrogens is 496 g/mol. The smallest absolute Gasteiger partial charge is 0.332 e. The second-order valence-corrected chi connectivity index (χ2v) is 12.4. The van der Waals surface area contributed by atoms with Crippen molar-refractivity contribution in [2.45, 2.75) is 57.3 Å². The minimum absolute atomic E-state index is 0.0355. The number of aryl methyl sites for hydroxylation is 1. The van der Waals surface area contributed by atoms with Crippen molar-refractivity contribution in [1.29, 1.82) is 0 Å². The summed E-state index contributed by atoms with van der Waals surface area (Å²) in [4.78, 5) is 30.7. The Morgan fingerprint density at radius 3 is 2.17 bits per heavy atom. The van der Waals surface area contributed by atoms with Crippen LogP contribution in [0.2, 0.25) is 0 Å². The van der Waals surface area contributed by atoms with Crippen molar-refractivity contribution in [3.63, 3.8) is 0 Å². The molecule has 12 nitrogen and oxygen atoms in total. The lowest BCUT2D eigenvalue weighted by atomic mass is 10.1. The monoisotopic (exact) mass is 524 g/mol. The van der Waals surface area contributed by atoms with Crippen molar-refractivity contribution < 1.29 is 16.8 Å². The fourth-order valence-electron chi connectivity index (χ4n) is 4.30. The van der Waals surface area contributed by atoms with E-state index in [-0.39, 0.29) is 46.7 Å². The Morgan fingerprint density at radius 1 is 1.03 bits per heavy atom. The molecule has 0 amide bonds. The first kappa shape index (κ1) is 25.1. The summed E-state index contributed by atoms with van der Waals surface area (Å²) in [5.74, 6) is 0.456. The molecule has 14 heteroatoms. The van der Waals surface area contributed by atoms with E-state index < -0.39 is 31.1 Å². The molecule has 4 rings (SSSR count). The van der Waals surface area contributed by atoms with E-state index in [1.807, 2.05) is 0 Å². The number of hydrogen-bond acceptors (Lipinski definition) is 8. The third kappa shape index (κ3) is 4.90. The molecule has 3 aromatic rings. The number of aromatic nitrogens is 4. The number of anilines is 1. The van der Waals surface area contributed by atoms with Gasteiger partial charge in [-0.25, -0.2) is 26.8 Å². The zero-order valence-electron chi connectivity index (χ0n) is 19.5. The minimum atomic E-state index is -3.85. The highest BCUT2D eigenvalue weighted by Crippen LogP contribution is 2.23. The largest absolute Gasteiger partial charge is 0.353 e. The number of fused-ring (bicyclic) bond motifs is 1. The summed E-state index contributed by atoms with van der Waals surface area (Å²) in [5.41, 5.74) is 0.215. The van der Waals surface area contributed by atoms with Gasteiger partial charge in [-0.1, -0.05) is 12.1 Å². The number of sulfonamides is 1. The standard InChI is InChI=1S/C21H28N6O6S2/c1-3-25-18-17(19(28)26(4-2)21(25)29)27(13-14-5-7-16(8-6-14)35(22,32)33)20(24-18)23-15-9-11-34(30,31)12-10-15/h5-8,15H,3-4,9-13H2,1-2H3,(H,23,24)(H2,22,32,33). The quantitative estimate of drug-likeness (QED) is 0.438. The van der Waals surface area contributed by atoms with E-state index >= 15 is 0 Å². The van der Waals surface area contributed by atoms with Crippen LogP contribution >= 0.6 is 0 Å². The molecule has 3 heterocycles. The molecule has 0 atom stereocenters. The Kier molecular flexibility index (Phi) is 6.64. The summed E-state index contributed by atoms with van der Waals surface area (Å²) < 4.78 is 51.1. The minimum Gasteiger partial charge on any atom is -0.353 e. The average Bonchev–Trinajstić information content (AvgIpc) is 3.13. The molecule has 1 fully saturated rings. The lowest BCUT2D eigenvalue weighted by molar-refractivity contribution is 0.557. The number of rotatable bonds is 7. The molecule has 1 aliphatic rings. The molecule has 1 saturated heterocycles. The van der Waals surface area contributed by atoms with Crippen molar-refractivity contribution in [3.8, 4) is 0 Å². The summed E-state index contributed by atoms with van der Waals surface area (Å²) >= 11 is 0. The zero-order chi connectivity index (χ0) is 25.5. The highest BCUT2D eigenvalue weighted by molar-refractivity contribution is 7.91. The van der Waals surface area contributed by atoms with Crippen molar-refractivity contribution in [1.82, 2.24) is 18.7 Å². The highest BCUT2D eigenvalue weighted by atomic mass is 32.2. The van der Waals surface area contributed by atoms with Gasteiger partial charge in [-0.15, -0.1) is 0 Å². The van der Waals surface area contributed by atoms with E-state index in [9.17, 15) is 26.4 Å². The van der Waals surface area contributed by atoms with Gasteiger partial charge in [0.15, 0.2) is 11.2 Å². The maximum absolute atomic E-state index is 13.3. The van der Waals surface area contributed by atoms with Crippen LogP contribution in [0.3, 0.4) is 0 Å². The van der Waals surface area contributed by atoms with Crippen LogP contribution in [0, 0.1) is 0 Å². The fourth-order valence-corrected chi connectivity index (χ4v) is 6.31. The third-order valence-corrected chi connectivity index (χ3v) is 8.87. The topological polar surface area (TPSA) is 168 Å². The van der Waals surface area contributed by atoms with Crippen LogP contribution in [-0.4, -0.2) is 53.1 Å². The van der Waals surface area contributed by atoms with Crippen LogP contribution in [-0.2, 0) is 39.5 Å². The molecule has 35 heavy (non-hydrogen) atoms. The van der Waals surface area contributed by atoms with E-state index in [1.54, 1.807) is 30.5 Å². The van der Waals surface area contributed by atoms with Gasteiger partial charge in [-0.05, 0) is 44.4 Å². The first-order valence-corrected chi connectivity index (χ1v) is 14.6. The number of imidazole rings is 1. The van der Waals surface area contributed by atoms with Crippen LogP contribution in [0.4, 0.5) is 5.95 Å². The molecule has 1 aliphatic heterocycles. The second kappa shape index (κ2) is 9.24. The van der Waals surface area contributed by atoms with Crippen LogP contribution in [0.5, 0.6) is 0 Å². The lowest BCUT2D eigenvalue weighted by Gasteiger charge is -2.24. The lowest BCUT2D eigenvalue weighted by Crippen LogP contribution is -2.40. The molecule has 190 valence electrons. The van der Waals surface area contributed by atoms with Gasteiger partial charge in [-0.2, -0.15) is 4.98 Å². The molecule has 1 aromatic carbocycles. The molecular formula is C21H28N6O6S2. The summed E-state index contributed by atoms with van der Waals surface area (Å²) in [6.45, 7) is 4.15. The second-order valence-electron chi connectivity index (χ2n) is 8.53. The van der Waals surface area contributed by atoms with Crippen LogP contribution in [0.25, 0.3) is 11.2 Å². The molecule has 0 aliphatic carbocycles.